The highest BCUT2D eigenvalue weighted by molar-refractivity contribution is 9.10. The second kappa shape index (κ2) is 8.39. The zero-order valence-electron chi connectivity index (χ0n) is 14.5. The zero-order chi connectivity index (χ0) is 20.1. The third-order valence-electron chi connectivity index (χ3n) is 3.66. The molecule has 0 fully saturated rings. The molecule has 3 rings (SSSR count). The lowest BCUT2D eigenvalue weighted by molar-refractivity contribution is -0.383. The fraction of sp³-hybridized carbons (Fsp3) is 0.0588. The van der Waals surface area contributed by atoms with Crippen LogP contribution in [0.2, 0.25) is 0 Å². The number of nitrogens with zero attached hydrogens (tertiary/aromatic N) is 4. The number of pyridine rings is 1. The second-order valence-electron chi connectivity index (χ2n) is 5.56. The Balaban J connectivity index is 1.83. The number of rotatable bonds is 6. The van der Waals surface area contributed by atoms with E-state index in [1.165, 1.54) is 6.20 Å². The molecule has 3 N–H and O–H groups in total. The number of halogens is 1. The van der Waals surface area contributed by atoms with Gasteiger partial charge in [-0.15, -0.1) is 0 Å². The molecule has 0 aliphatic carbocycles. The van der Waals surface area contributed by atoms with Crippen LogP contribution in [0, 0.1) is 17.0 Å². The van der Waals surface area contributed by atoms with Crippen molar-refractivity contribution in [3.8, 4) is 0 Å². The molecule has 0 unspecified atom stereocenters. The van der Waals surface area contributed by atoms with Gasteiger partial charge in [0.05, 0.1) is 4.92 Å². The standard InChI is InChI=1S/C17H14BrN7O3/c1-10-4-2-3-5-12(10)17(26)24-23-16-14(25(27)28)15(20-9-21-16)22-13-7-6-11(18)8-19-13/h2-9H,1H3,(H,24,26)(H2,19,20,21,22,23). The number of anilines is 3. The van der Waals surface area contributed by atoms with Crippen LogP contribution in [0.25, 0.3) is 0 Å². The van der Waals surface area contributed by atoms with Crippen LogP contribution in [0.5, 0.6) is 0 Å². The fourth-order valence-corrected chi connectivity index (χ4v) is 2.55. The Morgan fingerprint density at radius 3 is 2.54 bits per heavy atom. The summed E-state index contributed by atoms with van der Waals surface area (Å²) in [7, 11) is 0. The lowest BCUT2D eigenvalue weighted by atomic mass is 10.1. The number of carbonyl (C=O) groups is 1. The Bertz CT molecular complexity index is 1030. The average Bonchev–Trinajstić information content (AvgIpc) is 2.68. The van der Waals surface area contributed by atoms with E-state index in [-0.39, 0.29) is 11.6 Å². The predicted octanol–water partition coefficient (Wildman–Crippen LogP) is 3.35. The summed E-state index contributed by atoms with van der Waals surface area (Å²) in [6.07, 6.45) is 2.67. The summed E-state index contributed by atoms with van der Waals surface area (Å²) in [6, 6.07) is 10.3. The van der Waals surface area contributed by atoms with Gasteiger partial charge in [-0.2, -0.15) is 0 Å². The van der Waals surface area contributed by atoms with Crippen LogP contribution in [0.3, 0.4) is 0 Å². The molecular formula is C17H14BrN7O3. The molecule has 11 heteroatoms. The van der Waals surface area contributed by atoms with Gasteiger partial charge in [0.1, 0.15) is 12.1 Å². The SMILES string of the molecule is Cc1ccccc1C(=O)NNc1ncnc(Nc2ccc(Br)cn2)c1[N+](=O)[O-]. The van der Waals surface area contributed by atoms with Crippen LogP contribution >= 0.6 is 15.9 Å². The number of aryl methyl sites for hydroxylation is 1. The fourth-order valence-electron chi connectivity index (χ4n) is 2.32. The minimum absolute atomic E-state index is 0.0672. The van der Waals surface area contributed by atoms with Crippen LogP contribution in [0.4, 0.5) is 23.1 Å². The van der Waals surface area contributed by atoms with E-state index >= 15 is 0 Å². The van der Waals surface area contributed by atoms with E-state index in [4.69, 9.17) is 0 Å². The van der Waals surface area contributed by atoms with Crippen molar-refractivity contribution in [1.29, 1.82) is 0 Å². The summed E-state index contributed by atoms with van der Waals surface area (Å²) in [5, 5.41) is 14.3. The van der Waals surface area contributed by atoms with Gasteiger partial charge in [-0.1, -0.05) is 18.2 Å². The lowest BCUT2D eigenvalue weighted by Crippen LogP contribution is -2.30. The van der Waals surface area contributed by atoms with Gasteiger partial charge < -0.3 is 5.32 Å². The maximum atomic E-state index is 12.3. The summed E-state index contributed by atoms with van der Waals surface area (Å²) < 4.78 is 0.761. The van der Waals surface area contributed by atoms with Gasteiger partial charge in [0.25, 0.3) is 5.91 Å². The van der Waals surface area contributed by atoms with E-state index in [2.05, 4.69) is 47.1 Å². The van der Waals surface area contributed by atoms with E-state index < -0.39 is 16.5 Å². The highest BCUT2D eigenvalue weighted by Gasteiger charge is 2.24. The van der Waals surface area contributed by atoms with Crippen molar-refractivity contribution in [1.82, 2.24) is 20.4 Å². The normalized spacial score (nSPS) is 10.2. The van der Waals surface area contributed by atoms with Crippen molar-refractivity contribution in [2.75, 3.05) is 10.7 Å². The third kappa shape index (κ3) is 4.38. The van der Waals surface area contributed by atoms with E-state index in [0.29, 0.717) is 11.4 Å². The van der Waals surface area contributed by atoms with Gasteiger partial charge >= 0.3 is 5.69 Å². The van der Waals surface area contributed by atoms with Crippen molar-refractivity contribution in [2.45, 2.75) is 6.92 Å². The Labute approximate surface area is 167 Å². The van der Waals surface area contributed by atoms with Gasteiger partial charge in [-0.05, 0) is 46.6 Å². The van der Waals surface area contributed by atoms with Gasteiger partial charge in [0.15, 0.2) is 0 Å². The van der Waals surface area contributed by atoms with Crippen LogP contribution in [-0.2, 0) is 0 Å². The molecule has 2 aromatic heterocycles. The largest absolute Gasteiger partial charge is 0.355 e. The number of hydrogen-bond acceptors (Lipinski definition) is 8. The highest BCUT2D eigenvalue weighted by Crippen LogP contribution is 2.30. The first kappa shape index (κ1) is 19.2. The maximum Gasteiger partial charge on any atom is 0.355 e. The number of nitro groups is 1. The number of aromatic nitrogens is 3. The summed E-state index contributed by atoms with van der Waals surface area (Å²) in [5.74, 6) is -0.320. The van der Waals surface area contributed by atoms with Crippen LogP contribution in [0.15, 0.2) is 53.4 Å². The Morgan fingerprint density at radius 2 is 1.86 bits per heavy atom. The first-order valence-electron chi connectivity index (χ1n) is 7.95. The maximum absolute atomic E-state index is 12.3. The van der Waals surface area contributed by atoms with Crippen molar-refractivity contribution in [3.63, 3.8) is 0 Å². The quantitative estimate of drug-likeness (QED) is 0.389. The molecule has 0 spiro atoms. The summed E-state index contributed by atoms with van der Waals surface area (Å²) in [6.45, 7) is 1.79. The number of hydrogen-bond donors (Lipinski definition) is 3. The van der Waals surface area contributed by atoms with Crippen LogP contribution in [-0.4, -0.2) is 25.8 Å². The van der Waals surface area contributed by atoms with Crippen LogP contribution < -0.4 is 16.2 Å². The second-order valence-corrected chi connectivity index (χ2v) is 6.47. The van der Waals surface area contributed by atoms with Crippen molar-refractivity contribution < 1.29 is 9.72 Å². The molecule has 142 valence electrons. The van der Waals surface area contributed by atoms with E-state index in [9.17, 15) is 14.9 Å². The van der Waals surface area contributed by atoms with Gasteiger partial charge in [0.2, 0.25) is 11.6 Å². The number of benzene rings is 1. The molecule has 3 aromatic rings. The summed E-state index contributed by atoms with van der Waals surface area (Å²) in [4.78, 5) is 35.1. The Morgan fingerprint density at radius 1 is 1.11 bits per heavy atom. The molecule has 28 heavy (non-hydrogen) atoms. The number of amides is 1. The minimum atomic E-state index is -0.649. The molecule has 0 aliphatic heterocycles. The number of nitrogens with one attached hydrogen (secondary N) is 3. The summed E-state index contributed by atoms with van der Waals surface area (Å²) >= 11 is 3.26. The Hall–Kier alpha value is -3.60. The molecule has 0 saturated carbocycles. The lowest BCUT2D eigenvalue weighted by Gasteiger charge is -2.11. The first-order valence-corrected chi connectivity index (χ1v) is 8.75. The molecule has 0 aliphatic rings. The molecule has 0 saturated heterocycles. The molecule has 1 aromatic carbocycles. The van der Waals surface area contributed by atoms with E-state index in [0.717, 1.165) is 16.4 Å². The number of hydrazine groups is 1. The molecule has 10 nitrogen and oxygen atoms in total. The van der Waals surface area contributed by atoms with Crippen molar-refractivity contribution >= 4 is 45.0 Å². The Kier molecular flexibility index (Phi) is 5.75. The molecule has 2 heterocycles. The predicted molar refractivity (Wildman–Crippen MR) is 106 cm³/mol. The molecule has 0 bridgehead atoms. The zero-order valence-corrected chi connectivity index (χ0v) is 16.1. The van der Waals surface area contributed by atoms with Gasteiger partial charge in [0, 0.05) is 16.2 Å². The van der Waals surface area contributed by atoms with Crippen molar-refractivity contribution in [2.24, 2.45) is 0 Å². The van der Waals surface area contributed by atoms with E-state index in [1.54, 1.807) is 37.3 Å². The molecule has 0 radical (unpaired) electrons. The van der Waals surface area contributed by atoms with E-state index in [1.807, 2.05) is 6.07 Å². The van der Waals surface area contributed by atoms with Gasteiger partial charge in [-0.25, -0.2) is 15.0 Å². The average molecular weight is 444 g/mol. The number of carbonyl (C=O) groups excluding carboxylic acids is 1. The topological polar surface area (TPSA) is 135 Å². The highest BCUT2D eigenvalue weighted by atomic mass is 79.9. The van der Waals surface area contributed by atoms with Gasteiger partial charge in [-0.3, -0.25) is 25.8 Å². The minimum Gasteiger partial charge on any atom is -0.319 e. The van der Waals surface area contributed by atoms with Crippen molar-refractivity contribution in [3.05, 3.63) is 74.6 Å². The molecular weight excluding hydrogens is 430 g/mol. The monoisotopic (exact) mass is 443 g/mol. The molecule has 0 atom stereocenters. The summed E-state index contributed by atoms with van der Waals surface area (Å²) in [5.41, 5.74) is 5.68. The smallest absolute Gasteiger partial charge is 0.319 e. The third-order valence-corrected chi connectivity index (χ3v) is 4.13. The first-order chi connectivity index (χ1) is 13.5. The van der Waals surface area contributed by atoms with Crippen LogP contribution in [0.1, 0.15) is 15.9 Å². The molecule has 1 amide bonds.